The first kappa shape index (κ1) is 22.1. The Kier molecular flexibility index (Phi) is 9.11. The van der Waals surface area contributed by atoms with Crippen molar-refractivity contribution in [2.75, 3.05) is 33.3 Å². The molecule has 0 unspecified atom stereocenters. The summed E-state index contributed by atoms with van der Waals surface area (Å²) in [5.74, 6) is 2.19. The minimum absolute atomic E-state index is 0. The van der Waals surface area contributed by atoms with Crippen LogP contribution in [-0.2, 0) is 11.4 Å². The minimum atomic E-state index is 0. The fourth-order valence-corrected chi connectivity index (χ4v) is 3.28. The Morgan fingerprint density at radius 1 is 1.00 bits per heavy atom. The van der Waals surface area contributed by atoms with Crippen LogP contribution in [0.3, 0.4) is 0 Å². The maximum atomic E-state index is 12.3. The van der Waals surface area contributed by atoms with E-state index in [0.29, 0.717) is 18.3 Å². The summed E-state index contributed by atoms with van der Waals surface area (Å²) in [6, 6.07) is 17.5. The van der Waals surface area contributed by atoms with Crippen LogP contribution in [0.15, 0.2) is 54.6 Å². The van der Waals surface area contributed by atoms with Gasteiger partial charge in [-0.05, 0) is 62.2 Å². The van der Waals surface area contributed by atoms with Crippen molar-refractivity contribution < 1.29 is 14.3 Å². The van der Waals surface area contributed by atoms with Gasteiger partial charge in [0.25, 0.3) is 5.91 Å². The Balaban J connectivity index is 0.00000280. The number of carbonyl (C=O) groups excluding carboxylic acids is 1. The van der Waals surface area contributed by atoms with Gasteiger partial charge >= 0.3 is 0 Å². The molecule has 1 N–H and O–H groups in total. The molecule has 6 heteroatoms. The van der Waals surface area contributed by atoms with Crippen molar-refractivity contribution in [1.29, 1.82) is 0 Å². The molecule has 5 nitrogen and oxygen atoms in total. The number of nitrogens with one attached hydrogen (secondary N) is 1. The lowest BCUT2D eigenvalue weighted by molar-refractivity contribution is -0.134. The molecule has 0 aliphatic carbocycles. The largest absolute Gasteiger partial charge is 0.489 e. The molecule has 1 fully saturated rings. The Morgan fingerprint density at radius 2 is 1.61 bits per heavy atom. The van der Waals surface area contributed by atoms with E-state index in [-0.39, 0.29) is 24.9 Å². The Hall–Kier alpha value is -2.24. The van der Waals surface area contributed by atoms with E-state index in [4.69, 9.17) is 9.47 Å². The molecule has 1 heterocycles. The second-order valence-electron chi connectivity index (χ2n) is 6.92. The molecule has 1 saturated heterocycles. The zero-order valence-corrected chi connectivity index (χ0v) is 17.1. The van der Waals surface area contributed by atoms with Crippen LogP contribution in [0.1, 0.15) is 18.4 Å². The predicted octanol–water partition coefficient (Wildman–Crippen LogP) is 3.52. The van der Waals surface area contributed by atoms with E-state index >= 15 is 0 Å². The monoisotopic (exact) mass is 404 g/mol. The van der Waals surface area contributed by atoms with Crippen molar-refractivity contribution in [2.45, 2.75) is 19.4 Å². The van der Waals surface area contributed by atoms with Gasteiger partial charge in [0, 0.05) is 13.1 Å². The average Bonchev–Trinajstić information content (AvgIpc) is 2.73. The van der Waals surface area contributed by atoms with Gasteiger partial charge in [-0.15, -0.1) is 12.4 Å². The van der Waals surface area contributed by atoms with E-state index in [0.717, 1.165) is 43.8 Å². The second kappa shape index (κ2) is 11.6. The summed E-state index contributed by atoms with van der Waals surface area (Å²) in [6.07, 6.45) is 2.11. The Labute approximate surface area is 173 Å². The molecular weight excluding hydrogens is 376 g/mol. The molecular formula is C22H29ClN2O3. The Morgan fingerprint density at radius 3 is 2.21 bits per heavy atom. The van der Waals surface area contributed by atoms with Gasteiger partial charge in [-0.2, -0.15) is 0 Å². The third-order valence-electron chi connectivity index (χ3n) is 4.89. The number of amides is 1. The van der Waals surface area contributed by atoms with Crippen molar-refractivity contribution >= 4 is 18.3 Å². The summed E-state index contributed by atoms with van der Waals surface area (Å²) in [6.45, 7) is 3.28. The lowest BCUT2D eigenvalue weighted by Crippen LogP contribution is -2.42. The summed E-state index contributed by atoms with van der Waals surface area (Å²) in [7, 11) is 1.98. The van der Waals surface area contributed by atoms with Crippen molar-refractivity contribution in [2.24, 2.45) is 5.92 Å². The van der Waals surface area contributed by atoms with Crippen LogP contribution in [0.25, 0.3) is 0 Å². The normalized spacial score (nSPS) is 14.2. The SMILES string of the molecule is CNCC1CCN(C(=O)COc2ccc(OCc3ccccc3)cc2)CC1.Cl. The molecule has 3 rings (SSSR count). The molecule has 1 aliphatic heterocycles. The highest BCUT2D eigenvalue weighted by atomic mass is 35.5. The average molecular weight is 405 g/mol. The highest BCUT2D eigenvalue weighted by Crippen LogP contribution is 2.20. The number of benzene rings is 2. The molecule has 0 radical (unpaired) electrons. The molecule has 0 spiro atoms. The van der Waals surface area contributed by atoms with E-state index in [1.54, 1.807) is 0 Å². The van der Waals surface area contributed by atoms with Crippen LogP contribution in [-0.4, -0.2) is 44.1 Å². The molecule has 0 atom stereocenters. The number of halogens is 1. The lowest BCUT2D eigenvalue weighted by atomic mass is 9.97. The summed E-state index contributed by atoms with van der Waals surface area (Å²) >= 11 is 0. The van der Waals surface area contributed by atoms with Crippen LogP contribution >= 0.6 is 12.4 Å². The zero-order valence-electron chi connectivity index (χ0n) is 16.3. The predicted molar refractivity (Wildman–Crippen MR) is 113 cm³/mol. The van der Waals surface area contributed by atoms with E-state index in [1.165, 1.54) is 0 Å². The van der Waals surface area contributed by atoms with Crippen LogP contribution in [0.2, 0.25) is 0 Å². The summed E-state index contributed by atoms with van der Waals surface area (Å²) in [4.78, 5) is 14.2. The highest BCUT2D eigenvalue weighted by molar-refractivity contribution is 5.85. The van der Waals surface area contributed by atoms with Crippen LogP contribution in [0, 0.1) is 5.92 Å². The van der Waals surface area contributed by atoms with Gasteiger partial charge in [-0.1, -0.05) is 30.3 Å². The first-order valence-electron chi connectivity index (χ1n) is 9.56. The molecule has 2 aromatic rings. The van der Waals surface area contributed by atoms with Gasteiger partial charge in [-0.25, -0.2) is 0 Å². The molecule has 28 heavy (non-hydrogen) atoms. The van der Waals surface area contributed by atoms with E-state index in [1.807, 2.05) is 66.5 Å². The maximum Gasteiger partial charge on any atom is 0.260 e. The summed E-state index contributed by atoms with van der Waals surface area (Å²) in [5, 5.41) is 3.21. The van der Waals surface area contributed by atoms with E-state index < -0.39 is 0 Å². The summed E-state index contributed by atoms with van der Waals surface area (Å²) in [5.41, 5.74) is 1.13. The topological polar surface area (TPSA) is 50.8 Å². The minimum Gasteiger partial charge on any atom is -0.489 e. The van der Waals surface area contributed by atoms with E-state index in [9.17, 15) is 4.79 Å². The smallest absolute Gasteiger partial charge is 0.260 e. The number of rotatable bonds is 8. The van der Waals surface area contributed by atoms with Gasteiger partial charge in [-0.3, -0.25) is 4.79 Å². The number of likely N-dealkylation sites (tertiary alicyclic amines) is 1. The maximum absolute atomic E-state index is 12.3. The molecule has 2 aromatic carbocycles. The van der Waals surface area contributed by atoms with Gasteiger partial charge in [0.1, 0.15) is 18.1 Å². The lowest BCUT2D eigenvalue weighted by Gasteiger charge is -2.31. The molecule has 1 amide bonds. The number of hydrogen-bond donors (Lipinski definition) is 1. The molecule has 1 aliphatic rings. The fourth-order valence-electron chi connectivity index (χ4n) is 3.28. The molecule has 0 saturated carbocycles. The van der Waals surface area contributed by atoms with E-state index in [2.05, 4.69) is 5.32 Å². The first-order valence-corrected chi connectivity index (χ1v) is 9.56. The van der Waals surface area contributed by atoms with Crippen molar-refractivity contribution in [3.63, 3.8) is 0 Å². The third kappa shape index (κ3) is 6.73. The number of nitrogens with zero attached hydrogens (tertiary/aromatic N) is 1. The van der Waals surface area contributed by atoms with Gasteiger partial charge < -0.3 is 19.7 Å². The number of ether oxygens (including phenoxy) is 2. The van der Waals surface area contributed by atoms with Crippen LogP contribution < -0.4 is 14.8 Å². The molecule has 0 bridgehead atoms. The van der Waals surface area contributed by atoms with Gasteiger partial charge in [0.05, 0.1) is 0 Å². The third-order valence-corrected chi connectivity index (χ3v) is 4.89. The van der Waals surface area contributed by atoms with Gasteiger partial charge in [0.2, 0.25) is 0 Å². The number of carbonyl (C=O) groups is 1. The van der Waals surface area contributed by atoms with Gasteiger partial charge in [0.15, 0.2) is 6.61 Å². The van der Waals surface area contributed by atoms with Crippen LogP contribution in [0.4, 0.5) is 0 Å². The van der Waals surface area contributed by atoms with Crippen molar-refractivity contribution in [1.82, 2.24) is 10.2 Å². The van der Waals surface area contributed by atoms with Crippen molar-refractivity contribution in [3.05, 3.63) is 60.2 Å². The number of piperidine rings is 1. The zero-order chi connectivity index (χ0) is 18.9. The highest BCUT2D eigenvalue weighted by Gasteiger charge is 2.22. The second-order valence-corrected chi connectivity index (χ2v) is 6.92. The number of hydrogen-bond acceptors (Lipinski definition) is 4. The van der Waals surface area contributed by atoms with Crippen LogP contribution in [0.5, 0.6) is 11.5 Å². The molecule has 0 aromatic heterocycles. The van der Waals surface area contributed by atoms with Crippen molar-refractivity contribution in [3.8, 4) is 11.5 Å². The molecule has 152 valence electrons. The fraction of sp³-hybridized carbons (Fsp3) is 0.409. The quantitative estimate of drug-likeness (QED) is 0.731. The summed E-state index contributed by atoms with van der Waals surface area (Å²) < 4.78 is 11.4. The standard InChI is InChI=1S/C22H28N2O3.ClH/c1-23-15-18-11-13-24(14-12-18)22(25)17-27-21-9-7-20(8-10-21)26-16-19-5-3-2-4-6-19;/h2-10,18,23H,11-17H2,1H3;1H. The Bertz CT molecular complexity index is 701. The first-order chi connectivity index (χ1) is 13.2.